The quantitative estimate of drug-likeness (QED) is 0.491. The van der Waals surface area contributed by atoms with Gasteiger partial charge in [-0.15, -0.1) is 0 Å². The topological polar surface area (TPSA) is 99.8 Å². The number of benzene rings is 1. The van der Waals surface area contributed by atoms with E-state index in [1.807, 2.05) is 6.07 Å². The second-order valence-corrected chi connectivity index (χ2v) is 7.57. The van der Waals surface area contributed by atoms with Crippen LogP contribution in [0.4, 0.5) is 0 Å². The molecular weight excluding hydrogens is 412 g/mol. The molecule has 1 atom stereocenters. The Morgan fingerprint density at radius 3 is 2.72 bits per heavy atom. The van der Waals surface area contributed by atoms with E-state index in [-0.39, 0.29) is 11.7 Å². The van der Waals surface area contributed by atoms with Crippen molar-refractivity contribution in [3.8, 4) is 28.6 Å². The average Bonchev–Trinajstić information content (AvgIpc) is 3.31. The van der Waals surface area contributed by atoms with Crippen LogP contribution in [0.3, 0.4) is 0 Å². The summed E-state index contributed by atoms with van der Waals surface area (Å²) >= 11 is 0. The second-order valence-electron chi connectivity index (χ2n) is 7.57. The lowest BCUT2D eigenvalue weighted by molar-refractivity contribution is 0.0796. The van der Waals surface area contributed by atoms with Crippen LogP contribution >= 0.6 is 0 Å². The van der Waals surface area contributed by atoms with Crippen molar-refractivity contribution in [2.75, 3.05) is 34.4 Å². The van der Waals surface area contributed by atoms with E-state index in [1.165, 1.54) is 0 Å². The fraction of sp³-hybridized carbons (Fsp3) is 0.391. The third kappa shape index (κ3) is 4.43. The zero-order valence-electron chi connectivity index (χ0n) is 18.4. The predicted molar refractivity (Wildman–Crippen MR) is 116 cm³/mol. The summed E-state index contributed by atoms with van der Waals surface area (Å²) in [5, 5.41) is 4.13. The maximum atomic E-state index is 12.8. The van der Waals surface area contributed by atoms with Crippen molar-refractivity contribution >= 4 is 5.78 Å². The Kier molecular flexibility index (Phi) is 6.65. The molecule has 3 aromatic rings. The first-order valence-corrected chi connectivity index (χ1v) is 10.4. The third-order valence-electron chi connectivity index (χ3n) is 5.59. The molecule has 0 saturated carbocycles. The van der Waals surface area contributed by atoms with Crippen LogP contribution < -0.4 is 14.2 Å². The number of ketones is 1. The van der Waals surface area contributed by atoms with Gasteiger partial charge in [-0.2, -0.15) is 4.98 Å². The second kappa shape index (κ2) is 9.78. The van der Waals surface area contributed by atoms with E-state index in [2.05, 4.69) is 20.0 Å². The highest BCUT2D eigenvalue weighted by atomic mass is 16.5. The van der Waals surface area contributed by atoms with Gasteiger partial charge in [0.1, 0.15) is 0 Å². The molecule has 9 heteroatoms. The van der Waals surface area contributed by atoms with E-state index in [1.54, 1.807) is 51.9 Å². The Morgan fingerprint density at radius 2 is 2.00 bits per heavy atom. The number of carbonyl (C=O) groups is 1. The van der Waals surface area contributed by atoms with Gasteiger partial charge in [0.15, 0.2) is 17.3 Å². The lowest BCUT2D eigenvalue weighted by atomic mass is 9.90. The van der Waals surface area contributed by atoms with Gasteiger partial charge in [0.25, 0.3) is 0 Å². The van der Waals surface area contributed by atoms with E-state index in [9.17, 15) is 4.79 Å². The summed E-state index contributed by atoms with van der Waals surface area (Å²) in [7, 11) is 4.66. The molecule has 9 nitrogen and oxygen atoms in total. The molecule has 0 radical (unpaired) electrons. The van der Waals surface area contributed by atoms with Gasteiger partial charge in [-0.1, -0.05) is 5.16 Å². The van der Waals surface area contributed by atoms with Gasteiger partial charge in [0.05, 0.1) is 33.4 Å². The maximum Gasteiger partial charge on any atom is 0.241 e. The molecule has 0 N–H and O–H groups in total. The molecule has 0 aliphatic carbocycles. The number of aromatic nitrogens is 3. The van der Waals surface area contributed by atoms with Crippen LogP contribution in [0.5, 0.6) is 17.2 Å². The van der Waals surface area contributed by atoms with E-state index >= 15 is 0 Å². The number of rotatable bonds is 8. The lowest BCUT2D eigenvalue weighted by Crippen LogP contribution is -2.38. The fourth-order valence-electron chi connectivity index (χ4n) is 4.05. The number of methoxy groups -OCH3 is 3. The minimum absolute atomic E-state index is 0.0683. The summed E-state index contributed by atoms with van der Waals surface area (Å²) in [6.45, 7) is 1.98. The molecule has 0 amide bonds. The van der Waals surface area contributed by atoms with Crippen LogP contribution in [-0.2, 0) is 6.54 Å². The molecule has 1 aliphatic heterocycles. The van der Waals surface area contributed by atoms with Gasteiger partial charge in [0.2, 0.25) is 17.5 Å². The third-order valence-corrected chi connectivity index (χ3v) is 5.59. The molecule has 4 rings (SSSR count). The van der Waals surface area contributed by atoms with Gasteiger partial charge in [-0.05, 0) is 43.7 Å². The Morgan fingerprint density at radius 1 is 1.16 bits per heavy atom. The van der Waals surface area contributed by atoms with E-state index in [0.717, 1.165) is 19.4 Å². The average molecular weight is 438 g/mol. The van der Waals surface area contributed by atoms with Crippen molar-refractivity contribution in [1.29, 1.82) is 0 Å². The molecule has 0 spiro atoms. The molecular formula is C23H26N4O5. The normalized spacial score (nSPS) is 16.5. The molecule has 0 bridgehead atoms. The molecule has 1 saturated heterocycles. The summed E-state index contributed by atoms with van der Waals surface area (Å²) in [4.78, 5) is 23.6. The van der Waals surface area contributed by atoms with Gasteiger partial charge < -0.3 is 18.7 Å². The Labute approximate surface area is 186 Å². The van der Waals surface area contributed by atoms with Crippen molar-refractivity contribution in [1.82, 2.24) is 20.0 Å². The number of ether oxygens (including phenoxy) is 3. The highest BCUT2D eigenvalue weighted by Crippen LogP contribution is 2.43. The summed E-state index contributed by atoms with van der Waals surface area (Å²) in [5.41, 5.74) is 1.29. The number of piperidine rings is 1. The molecule has 0 unspecified atom stereocenters. The zero-order chi connectivity index (χ0) is 22.5. The lowest BCUT2D eigenvalue weighted by Gasteiger charge is -2.30. The number of carbonyl (C=O) groups excluding carboxylic acids is 1. The van der Waals surface area contributed by atoms with Crippen LogP contribution in [0, 0.1) is 5.92 Å². The van der Waals surface area contributed by atoms with E-state index in [0.29, 0.717) is 53.2 Å². The maximum absolute atomic E-state index is 12.8. The Bertz CT molecular complexity index is 1070. The number of nitrogens with zero attached hydrogens (tertiary/aromatic N) is 4. The van der Waals surface area contributed by atoms with Gasteiger partial charge in [0, 0.05) is 30.4 Å². The van der Waals surface area contributed by atoms with Gasteiger partial charge in [-0.3, -0.25) is 14.7 Å². The number of hydrogen-bond donors (Lipinski definition) is 0. The molecule has 2 aromatic heterocycles. The first-order valence-electron chi connectivity index (χ1n) is 10.4. The SMILES string of the molecule is COc1ccc(-c2noc(CN3CCC[C@@H](C(=O)c4cccnc4)C3)n2)c(OC)c1OC. The fourth-order valence-corrected chi connectivity index (χ4v) is 4.05. The van der Waals surface area contributed by atoms with Crippen molar-refractivity contribution in [3.63, 3.8) is 0 Å². The molecule has 1 aromatic carbocycles. The smallest absolute Gasteiger partial charge is 0.241 e. The van der Waals surface area contributed by atoms with Crippen molar-refractivity contribution in [2.24, 2.45) is 5.92 Å². The van der Waals surface area contributed by atoms with Crippen LogP contribution in [0.2, 0.25) is 0 Å². The molecule has 3 heterocycles. The Balaban J connectivity index is 1.48. The zero-order valence-corrected chi connectivity index (χ0v) is 18.4. The van der Waals surface area contributed by atoms with Crippen LogP contribution in [0.15, 0.2) is 41.2 Å². The highest BCUT2D eigenvalue weighted by Gasteiger charge is 2.28. The monoisotopic (exact) mass is 438 g/mol. The number of hydrogen-bond acceptors (Lipinski definition) is 9. The number of pyridine rings is 1. The Hall–Kier alpha value is -3.46. The molecule has 168 valence electrons. The predicted octanol–water partition coefficient (Wildman–Crippen LogP) is 3.25. The molecule has 32 heavy (non-hydrogen) atoms. The molecule has 1 aliphatic rings. The van der Waals surface area contributed by atoms with Crippen molar-refractivity contribution < 1.29 is 23.5 Å². The van der Waals surface area contributed by atoms with Gasteiger partial charge >= 0.3 is 0 Å². The summed E-state index contributed by atoms with van der Waals surface area (Å²) in [5.74, 6) is 2.43. The van der Waals surface area contributed by atoms with Crippen LogP contribution in [0.25, 0.3) is 11.4 Å². The van der Waals surface area contributed by atoms with E-state index in [4.69, 9.17) is 18.7 Å². The largest absolute Gasteiger partial charge is 0.493 e. The summed E-state index contributed by atoms with van der Waals surface area (Å²) < 4.78 is 21.8. The van der Waals surface area contributed by atoms with Crippen molar-refractivity contribution in [3.05, 3.63) is 48.1 Å². The first kappa shape index (κ1) is 21.8. The van der Waals surface area contributed by atoms with Crippen LogP contribution in [-0.4, -0.2) is 60.2 Å². The highest BCUT2D eigenvalue weighted by molar-refractivity contribution is 5.97. The van der Waals surface area contributed by atoms with E-state index < -0.39 is 0 Å². The minimum Gasteiger partial charge on any atom is -0.493 e. The number of likely N-dealkylation sites (tertiary alicyclic amines) is 1. The minimum atomic E-state index is -0.0683. The summed E-state index contributed by atoms with van der Waals surface area (Å²) in [6, 6.07) is 7.18. The number of Topliss-reactive ketones (excluding diaryl/α,β-unsaturated/α-hetero) is 1. The summed E-state index contributed by atoms with van der Waals surface area (Å²) in [6.07, 6.45) is 5.09. The van der Waals surface area contributed by atoms with Gasteiger partial charge in [-0.25, -0.2) is 0 Å². The first-order chi connectivity index (χ1) is 15.6. The standard InChI is InChI=1S/C23H26N4O5/c1-29-18-9-8-17(21(30-2)22(18)31-3)23-25-19(32-26-23)14-27-11-5-7-16(13-27)20(28)15-6-4-10-24-12-15/h4,6,8-10,12,16H,5,7,11,13-14H2,1-3H3/t16-/m1/s1. The van der Waals surface area contributed by atoms with Crippen LogP contribution in [0.1, 0.15) is 29.1 Å². The van der Waals surface area contributed by atoms with Crippen molar-refractivity contribution in [2.45, 2.75) is 19.4 Å². The molecule has 1 fully saturated rings.